The molecule has 2 aromatic rings. The first kappa shape index (κ1) is 12.3. The Morgan fingerprint density at radius 2 is 2.06 bits per heavy atom. The lowest BCUT2D eigenvalue weighted by Crippen LogP contribution is -2.01. The molecule has 0 amide bonds. The Balaban J connectivity index is 2.46. The molecule has 0 aliphatic carbocycles. The van der Waals surface area contributed by atoms with Gasteiger partial charge in [-0.05, 0) is 37.3 Å². The fraction of sp³-hybridized carbons (Fsp3) is 0.154. The zero-order valence-corrected chi connectivity index (χ0v) is 11.9. The highest BCUT2D eigenvalue weighted by Crippen LogP contribution is 2.27. The lowest BCUT2D eigenvalue weighted by Gasteiger charge is -2.06. The number of benzene rings is 1. The largest absolute Gasteiger partial charge is 0.496 e. The summed E-state index contributed by atoms with van der Waals surface area (Å²) in [6, 6.07) is 9.23. The van der Waals surface area contributed by atoms with Crippen LogP contribution in [-0.4, -0.2) is 12.9 Å². The summed E-state index contributed by atoms with van der Waals surface area (Å²) in [5.41, 5.74) is 0.587. The molecule has 0 fully saturated rings. The predicted octanol–water partition coefficient (Wildman–Crippen LogP) is 4.06. The third-order valence-electron chi connectivity index (χ3n) is 2.37. The Labute approximate surface area is 112 Å². The van der Waals surface area contributed by atoms with Crippen molar-refractivity contribution < 1.29 is 9.53 Å². The fourth-order valence-electron chi connectivity index (χ4n) is 1.55. The molecule has 1 heterocycles. The van der Waals surface area contributed by atoms with Crippen LogP contribution < -0.4 is 4.74 Å². The van der Waals surface area contributed by atoms with E-state index in [1.807, 2.05) is 25.1 Å². The van der Waals surface area contributed by atoms with Gasteiger partial charge in [0.05, 0.1) is 17.6 Å². The molecule has 0 unspecified atom stereocenters. The first-order chi connectivity index (χ1) is 8.11. The molecule has 0 saturated carbocycles. The van der Waals surface area contributed by atoms with E-state index in [1.54, 1.807) is 19.2 Å². The zero-order chi connectivity index (χ0) is 12.4. The van der Waals surface area contributed by atoms with E-state index in [4.69, 9.17) is 4.74 Å². The van der Waals surface area contributed by atoms with E-state index >= 15 is 0 Å². The highest BCUT2D eigenvalue weighted by atomic mass is 79.9. The number of hydrogen-bond donors (Lipinski definition) is 0. The summed E-state index contributed by atoms with van der Waals surface area (Å²) in [5.74, 6) is 0.602. The summed E-state index contributed by atoms with van der Waals surface area (Å²) < 4.78 is 6.08. The monoisotopic (exact) mass is 310 g/mol. The molecule has 0 atom stereocenters. The first-order valence-corrected chi connectivity index (χ1v) is 6.67. The number of rotatable bonds is 3. The van der Waals surface area contributed by atoms with E-state index in [9.17, 15) is 4.79 Å². The van der Waals surface area contributed by atoms with Crippen LogP contribution in [0.1, 0.15) is 20.1 Å². The molecule has 2 rings (SSSR count). The van der Waals surface area contributed by atoms with Crippen LogP contribution in [0.4, 0.5) is 0 Å². The van der Waals surface area contributed by atoms with Crippen LogP contribution in [0.25, 0.3) is 0 Å². The summed E-state index contributed by atoms with van der Waals surface area (Å²) in [6.45, 7) is 1.99. The van der Waals surface area contributed by atoms with Gasteiger partial charge in [0.25, 0.3) is 0 Å². The second-order valence-corrected chi connectivity index (χ2v) is 5.79. The number of methoxy groups -OCH3 is 1. The number of halogens is 1. The minimum absolute atomic E-state index is 0.00116. The van der Waals surface area contributed by atoms with E-state index in [1.165, 1.54) is 11.3 Å². The fourth-order valence-corrected chi connectivity index (χ4v) is 2.73. The molecule has 0 spiro atoms. The van der Waals surface area contributed by atoms with Crippen molar-refractivity contribution in [2.45, 2.75) is 6.92 Å². The molecular formula is C13H11BrO2S. The quantitative estimate of drug-likeness (QED) is 0.799. The highest BCUT2D eigenvalue weighted by Gasteiger charge is 2.16. The van der Waals surface area contributed by atoms with Gasteiger partial charge in [-0.15, -0.1) is 11.3 Å². The molecule has 0 aliphatic heterocycles. The molecule has 0 aliphatic rings. The minimum Gasteiger partial charge on any atom is -0.496 e. The van der Waals surface area contributed by atoms with Crippen LogP contribution in [0, 0.1) is 6.92 Å². The number of hydrogen-bond acceptors (Lipinski definition) is 3. The van der Waals surface area contributed by atoms with E-state index in [0.29, 0.717) is 11.3 Å². The Morgan fingerprint density at radius 1 is 1.29 bits per heavy atom. The molecule has 88 valence electrons. The van der Waals surface area contributed by atoms with E-state index in [-0.39, 0.29) is 5.78 Å². The predicted molar refractivity (Wildman–Crippen MR) is 73.2 cm³/mol. The number of carbonyl (C=O) groups excluding carboxylic acids is 1. The second kappa shape index (κ2) is 5.02. The van der Waals surface area contributed by atoms with Gasteiger partial charge in [0.1, 0.15) is 5.75 Å². The third kappa shape index (κ3) is 2.58. The summed E-state index contributed by atoms with van der Waals surface area (Å²) in [6.07, 6.45) is 0. The molecule has 17 heavy (non-hydrogen) atoms. The minimum atomic E-state index is 0.00116. The summed E-state index contributed by atoms with van der Waals surface area (Å²) in [4.78, 5) is 14.2. The standard InChI is InChI=1S/C13H11BrO2S/c1-8-3-6-12(17-8)13(15)10-7-9(14)4-5-11(10)16-2/h3-7H,1-2H3. The van der Waals surface area contributed by atoms with Gasteiger partial charge in [-0.2, -0.15) is 0 Å². The number of aryl methyl sites for hydroxylation is 1. The van der Waals surface area contributed by atoms with Crippen molar-refractivity contribution in [1.29, 1.82) is 0 Å². The summed E-state index contributed by atoms with van der Waals surface area (Å²) >= 11 is 4.86. The van der Waals surface area contributed by atoms with Crippen molar-refractivity contribution in [2.24, 2.45) is 0 Å². The van der Waals surface area contributed by atoms with Crippen LogP contribution in [-0.2, 0) is 0 Å². The highest BCUT2D eigenvalue weighted by molar-refractivity contribution is 9.10. The van der Waals surface area contributed by atoms with Gasteiger partial charge in [-0.1, -0.05) is 15.9 Å². The molecule has 0 N–H and O–H groups in total. The maximum Gasteiger partial charge on any atom is 0.206 e. The van der Waals surface area contributed by atoms with Crippen molar-refractivity contribution >= 4 is 33.0 Å². The summed E-state index contributed by atoms with van der Waals surface area (Å²) in [5, 5.41) is 0. The van der Waals surface area contributed by atoms with Crippen molar-refractivity contribution in [3.05, 3.63) is 50.1 Å². The lowest BCUT2D eigenvalue weighted by atomic mass is 10.1. The van der Waals surface area contributed by atoms with E-state index in [0.717, 1.165) is 14.2 Å². The number of ketones is 1. The van der Waals surface area contributed by atoms with Gasteiger partial charge in [0.2, 0.25) is 5.78 Å². The van der Waals surface area contributed by atoms with Gasteiger partial charge in [0.15, 0.2) is 0 Å². The van der Waals surface area contributed by atoms with Crippen LogP contribution in [0.5, 0.6) is 5.75 Å². The molecule has 2 nitrogen and oxygen atoms in total. The molecule has 1 aromatic heterocycles. The molecule has 0 bridgehead atoms. The van der Waals surface area contributed by atoms with Gasteiger partial charge in [0, 0.05) is 9.35 Å². The van der Waals surface area contributed by atoms with Crippen molar-refractivity contribution in [1.82, 2.24) is 0 Å². The maximum absolute atomic E-state index is 12.3. The SMILES string of the molecule is COc1ccc(Br)cc1C(=O)c1ccc(C)s1. The van der Waals surface area contributed by atoms with Crippen molar-refractivity contribution in [3.8, 4) is 5.75 Å². The van der Waals surface area contributed by atoms with Crippen LogP contribution in [0.2, 0.25) is 0 Å². The molecular weight excluding hydrogens is 300 g/mol. The third-order valence-corrected chi connectivity index (χ3v) is 3.86. The van der Waals surface area contributed by atoms with Crippen LogP contribution >= 0.6 is 27.3 Å². The molecule has 1 aromatic carbocycles. The van der Waals surface area contributed by atoms with Gasteiger partial charge in [-0.25, -0.2) is 0 Å². The number of thiophene rings is 1. The van der Waals surface area contributed by atoms with E-state index < -0.39 is 0 Å². The van der Waals surface area contributed by atoms with Crippen molar-refractivity contribution in [3.63, 3.8) is 0 Å². The van der Waals surface area contributed by atoms with Crippen LogP contribution in [0.15, 0.2) is 34.8 Å². The lowest BCUT2D eigenvalue weighted by molar-refractivity contribution is 0.103. The number of ether oxygens (including phenoxy) is 1. The Hall–Kier alpha value is -1.13. The first-order valence-electron chi connectivity index (χ1n) is 5.06. The van der Waals surface area contributed by atoms with Gasteiger partial charge >= 0.3 is 0 Å². The van der Waals surface area contributed by atoms with Gasteiger partial charge < -0.3 is 4.74 Å². The summed E-state index contributed by atoms with van der Waals surface area (Å²) in [7, 11) is 1.57. The normalized spacial score (nSPS) is 10.3. The van der Waals surface area contributed by atoms with Crippen LogP contribution in [0.3, 0.4) is 0 Å². The average Bonchev–Trinajstić information content (AvgIpc) is 2.75. The van der Waals surface area contributed by atoms with Crippen molar-refractivity contribution in [2.75, 3.05) is 7.11 Å². The average molecular weight is 311 g/mol. The maximum atomic E-state index is 12.3. The Kier molecular flexibility index (Phi) is 3.64. The molecule has 0 radical (unpaired) electrons. The topological polar surface area (TPSA) is 26.3 Å². The molecule has 4 heteroatoms. The smallest absolute Gasteiger partial charge is 0.206 e. The van der Waals surface area contributed by atoms with Gasteiger partial charge in [-0.3, -0.25) is 4.79 Å². The number of carbonyl (C=O) groups is 1. The Bertz CT molecular complexity index is 560. The second-order valence-electron chi connectivity index (χ2n) is 3.58. The molecule has 0 saturated heterocycles. The van der Waals surface area contributed by atoms with E-state index in [2.05, 4.69) is 15.9 Å². The zero-order valence-electron chi connectivity index (χ0n) is 9.49. The Morgan fingerprint density at radius 3 is 2.65 bits per heavy atom.